The van der Waals surface area contributed by atoms with Gasteiger partial charge in [-0.25, -0.2) is 4.79 Å². The van der Waals surface area contributed by atoms with Crippen LogP contribution in [0.25, 0.3) is 0 Å². The van der Waals surface area contributed by atoms with Gasteiger partial charge in [0, 0.05) is 44.3 Å². The standard InChI is InChI=1S/C26H35N5O5/c1-17(2)30-22(15-23(32)31(18(3)4)26(30)35)27-11-8-12-28(14-13-27)24(33)16-29-20-9-6-7-10-21(20)36-19(5)25(29)34/h6-7,9-10,15,17-19H,8,11-14,16H2,1-5H3. The number of carbonyl (C=O) groups excluding carboxylic acids is 2. The molecule has 2 aromatic rings. The first-order valence-electron chi connectivity index (χ1n) is 12.6. The van der Waals surface area contributed by atoms with Crippen molar-refractivity contribution in [2.75, 3.05) is 42.5 Å². The third-order valence-corrected chi connectivity index (χ3v) is 6.72. The fourth-order valence-electron chi connectivity index (χ4n) is 4.92. The molecule has 1 atom stereocenters. The minimum Gasteiger partial charge on any atom is -0.479 e. The number of anilines is 2. The Morgan fingerprint density at radius 2 is 1.67 bits per heavy atom. The molecule has 1 saturated heterocycles. The van der Waals surface area contributed by atoms with Crippen molar-refractivity contribution in [2.45, 2.75) is 59.2 Å². The monoisotopic (exact) mass is 497 g/mol. The number of carbonyl (C=O) groups is 2. The molecule has 0 bridgehead atoms. The normalized spacial score (nSPS) is 18.4. The third-order valence-electron chi connectivity index (χ3n) is 6.72. The number of hydrogen-bond donors (Lipinski definition) is 0. The molecular formula is C26H35N5O5. The van der Waals surface area contributed by atoms with E-state index in [1.54, 1.807) is 28.5 Å². The number of rotatable bonds is 5. The van der Waals surface area contributed by atoms with Crippen LogP contribution in [0.2, 0.25) is 0 Å². The summed E-state index contributed by atoms with van der Waals surface area (Å²) in [6.07, 6.45) is 0.0167. The van der Waals surface area contributed by atoms with Crippen LogP contribution in [-0.4, -0.2) is 64.7 Å². The first-order valence-corrected chi connectivity index (χ1v) is 12.6. The van der Waals surface area contributed by atoms with E-state index in [1.807, 2.05) is 44.7 Å². The highest BCUT2D eigenvalue weighted by molar-refractivity contribution is 6.03. The van der Waals surface area contributed by atoms with Crippen molar-refractivity contribution in [1.29, 1.82) is 0 Å². The third kappa shape index (κ3) is 4.76. The molecule has 0 radical (unpaired) electrons. The minimum atomic E-state index is -0.659. The van der Waals surface area contributed by atoms with E-state index >= 15 is 0 Å². The van der Waals surface area contributed by atoms with Gasteiger partial charge in [0.1, 0.15) is 18.1 Å². The molecule has 1 aromatic heterocycles. The molecule has 10 nitrogen and oxygen atoms in total. The lowest BCUT2D eigenvalue weighted by atomic mass is 10.2. The zero-order chi connectivity index (χ0) is 26.1. The molecule has 0 aliphatic carbocycles. The SMILES string of the molecule is CC1Oc2ccccc2N(CC(=O)N2CCCN(c3cc(=O)n(C(C)C)c(=O)n3C(C)C)CC2)C1=O. The van der Waals surface area contributed by atoms with Gasteiger partial charge in [-0.05, 0) is 53.2 Å². The highest BCUT2D eigenvalue weighted by atomic mass is 16.5. The topological polar surface area (TPSA) is 97.1 Å². The largest absolute Gasteiger partial charge is 0.479 e. The highest BCUT2D eigenvalue weighted by Gasteiger charge is 2.34. The van der Waals surface area contributed by atoms with Gasteiger partial charge in [0.05, 0.1) is 5.69 Å². The summed E-state index contributed by atoms with van der Waals surface area (Å²) in [6, 6.07) is 8.38. The van der Waals surface area contributed by atoms with Crippen molar-refractivity contribution in [3.63, 3.8) is 0 Å². The smallest absolute Gasteiger partial charge is 0.333 e. The lowest BCUT2D eigenvalue weighted by Crippen LogP contribution is -2.50. The molecule has 1 unspecified atom stereocenters. The van der Waals surface area contributed by atoms with E-state index in [-0.39, 0.29) is 41.7 Å². The van der Waals surface area contributed by atoms with Crippen molar-refractivity contribution in [2.24, 2.45) is 0 Å². The Morgan fingerprint density at radius 3 is 2.36 bits per heavy atom. The van der Waals surface area contributed by atoms with Gasteiger partial charge in [-0.15, -0.1) is 0 Å². The number of fused-ring (bicyclic) bond motifs is 1. The van der Waals surface area contributed by atoms with Gasteiger partial charge in [-0.2, -0.15) is 0 Å². The summed E-state index contributed by atoms with van der Waals surface area (Å²) in [7, 11) is 0. The summed E-state index contributed by atoms with van der Waals surface area (Å²) in [5.41, 5.74) is -0.0481. The zero-order valence-electron chi connectivity index (χ0n) is 21.6. The Bertz CT molecular complexity index is 1260. The average Bonchev–Trinajstić information content (AvgIpc) is 3.07. The Hall–Kier alpha value is -3.56. The number of nitrogens with zero attached hydrogens (tertiary/aromatic N) is 5. The van der Waals surface area contributed by atoms with E-state index in [9.17, 15) is 19.2 Å². The van der Waals surface area contributed by atoms with Crippen LogP contribution in [0.5, 0.6) is 5.75 Å². The molecule has 194 valence electrons. The summed E-state index contributed by atoms with van der Waals surface area (Å²) < 4.78 is 8.61. The van der Waals surface area contributed by atoms with Crippen LogP contribution in [0.3, 0.4) is 0 Å². The second-order valence-corrected chi connectivity index (χ2v) is 9.92. The summed E-state index contributed by atoms with van der Waals surface area (Å²) in [5.74, 6) is 0.773. The Balaban J connectivity index is 1.53. The fraction of sp³-hybridized carbons (Fsp3) is 0.538. The second kappa shape index (κ2) is 10.2. The maximum Gasteiger partial charge on any atom is 0.333 e. The molecule has 1 fully saturated rings. The van der Waals surface area contributed by atoms with Crippen molar-refractivity contribution in [3.05, 3.63) is 51.2 Å². The molecule has 0 N–H and O–H groups in total. The zero-order valence-corrected chi connectivity index (χ0v) is 21.6. The number of hydrogen-bond acceptors (Lipinski definition) is 6. The van der Waals surface area contributed by atoms with E-state index < -0.39 is 6.10 Å². The number of aromatic nitrogens is 2. The van der Waals surface area contributed by atoms with Crippen LogP contribution in [0.4, 0.5) is 11.5 Å². The maximum atomic E-state index is 13.3. The van der Waals surface area contributed by atoms with Gasteiger partial charge in [0.15, 0.2) is 6.10 Å². The highest BCUT2D eigenvalue weighted by Crippen LogP contribution is 2.33. The lowest BCUT2D eigenvalue weighted by molar-refractivity contribution is -0.133. The lowest BCUT2D eigenvalue weighted by Gasteiger charge is -2.34. The summed E-state index contributed by atoms with van der Waals surface area (Å²) in [5, 5.41) is 0. The van der Waals surface area contributed by atoms with Crippen LogP contribution in [-0.2, 0) is 9.59 Å². The Labute approximate surface area is 210 Å². The van der Waals surface area contributed by atoms with Crippen LogP contribution >= 0.6 is 0 Å². The van der Waals surface area contributed by atoms with E-state index in [4.69, 9.17) is 4.74 Å². The molecule has 3 heterocycles. The Kier molecular flexibility index (Phi) is 7.23. The van der Waals surface area contributed by atoms with Gasteiger partial charge < -0.3 is 14.5 Å². The summed E-state index contributed by atoms with van der Waals surface area (Å²) in [6.45, 7) is 11.1. The average molecular weight is 498 g/mol. The van der Waals surface area contributed by atoms with Crippen molar-refractivity contribution in [3.8, 4) is 5.75 Å². The molecule has 2 aliphatic heterocycles. The molecule has 4 rings (SSSR count). The van der Waals surface area contributed by atoms with Gasteiger partial charge in [-0.1, -0.05) is 12.1 Å². The number of benzene rings is 1. The van der Waals surface area contributed by atoms with E-state index in [2.05, 4.69) is 0 Å². The predicted molar refractivity (Wildman–Crippen MR) is 138 cm³/mol. The molecule has 2 aliphatic rings. The van der Waals surface area contributed by atoms with Crippen LogP contribution in [0, 0.1) is 0 Å². The van der Waals surface area contributed by atoms with E-state index in [0.29, 0.717) is 49.9 Å². The van der Waals surface area contributed by atoms with Gasteiger partial charge >= 0.3 is 5.69 Å². The summed E-state index contributed by atoms with van der Waals surface area (Å²) >= 11 is 0. The van der Waals surface area contributed by atoms with Gasteiger partial charge in [-0.3, -0.25) is 28.4 Å². The number of amides is 2. The molecule has 0 spiro atoms. The van der Waals surface area contributed by atoms with E-state index in [0.717, 1.165) is 0 Å². The number of para-hydroxylation sites is 2. The van der Waals surface area contributed by atoms with Crippen LogP contribution in [0.15, 0.2) is 39.9 Å². The van der Waals surface area contributed by atoms with Crippen LogP contribution in [0.1, 0.15) is 53.1 Å². The Morgan fingerprint density at radius 1 is 0.972 bits per heavy atom. The first-order chi connectivity index (χ1) is 17.1. The van der Waals surface area contributed by atoms with E-state index in [1.165, 1.54) is 15.5 Å². The molecule has 36 heavy (non-hydrogen) atoms. The van der Waals surface area contributed by atoms with Crippen molar-refractivity contribution >= 4 is 23.3 Å². The van der Waals surface area contributed by atoms with Crippen molar-refractivity contribution in [1.82, 2.24) is 14.0 Å². The van der Waals surface area contributed by atoms with Crippen molar-refractivity contribution < 1.29 is 14.3 Å². The number of ether oxygens (including phenoxy) is 1. The molecule has 10 heteroatoms. The quantitative estimate of drug-likeness (QED) is 0.627. The molecule has 0 saturated carbocycles. The minimum absolute atomic E-state index is 0.0648. The maximum absolute atomic E-state index is 13.3. The first kappa shape index (κ1) is 25.5. The molecule has 2 amide bonds. The predicted octanol–water partition coefficient (Wildman–Crippen LogP) is 2.02. The van der Waals surface area contributed by atoms with Gasteiger partial charge in [0.25, 0.3) is 11.5 Å². The molecule has 1 aromatic carbocycles. The molecular weight excluding hydrogens is 462 g/mol. The summed E-state index contributed by atoms with van der Waals surface area (Å²) in [4.78, 5) is 57.3. The fourth-order valence-corrected chi connectivity index (χ4v) is 4.92. The van der Waals surface area contributed by atoms with Crippen LogP contribution < -0.4 is 25.8 Å². The second-order valence-electron chi connectivity index (χ2n) is 9.92. The van der Waals surface area contributed by atoms with Gasteiger partial charge in [0.2, 0.25) is 5.91 Å².